The van der Waals surface area contributed by atoms with Gasteiger partial charge in [-0.25, -0.2) is 0 Å². The van der Waals surface area contributed by atoms with Crippen molar-refractivity contribution >= 4 is 46.6 Å². The molecule has 2 aromatic carbocycles. The summed E-state index contributed by atoms with van der Waals surface area (Å²) in [5.41, 5.74) is 1.58. The molecule has 1 unspecified atom stereocenters. The van der Waals surface area contributed by atoms with E-state index < -0.39 is 6.04 Å². The number of hydrogen-bond donors (Lipinski definition) is 1. The molecule has 2 amide bonds. The number of carbonyl (C=O) groups is 2. The van der Waals surface area contributed by atoms with Crippen LogP contribution in [0.15, 0.2) is 42.5 Å². The van der Waals surface area contributed by atoms with Crippen LogP contribution >= 0.6 is 34.8 Å². The fourth-order valence-electron chi connectivity index (χ4n) is 2.74. The van der Waals surface area contributed by atoms with E-state index in [1.807, 2.05) is 19.1 Å². The van der Waals surface area contributed by atoms with Gasteiger partial charge < -0.3 is 10.2 Å². The van der Waals surface area contributed by atoms with Gasteiger partial charge in [0.05, 0.1) is 16.5 Å². The van der Waals surface area contributed by atoms with Crippen LogP contribution in [-0.2, 0) is 22.6 Å². The van der Waals surface area contributed by atoms with Crippen LogP contribution in [0.2, 0.25) is 15.1 Å². The Morgan fingerprint density at radius 1 is 1.04 bits per heavy atom. The van der Waals surface area contributed by atoms with E-state index in [1.54, 1.807) is 42.2 Å². The molecule has 0 aliphatic carbocycles. The lowest BCUT2D eigenvalue weighted by atomic mass is 10.1. The predicted molar refractivity (Wildman–Crippen MR) is 115 cm³/mol. The first kappa shape index (κ1) is 22.5. The largest absolute Gasteiger partial charge is 0.354 e. The Morgan fingerprint density at radius 3 is 2.43 bits per heavy atom. The normalized spacial score (nSPS) is 11.8. The molecule has 0 saturated carbocycles. The Bertz CT molecular complexity index is 842. The molecule has 0 radical (unpaired) electrons. The molecule has 0 bridgehead atoms. The van der Waals surface area contributed by atoms with Crippen LogP contribution in [0, 0.1) is 0 Å². The summed E-state index contributed by atoms with van der Waals surface area (Å²) in [4.78, 5) is 27.1. The van der Waals surface area contributed by atoms with Crippen molar-refractivity contribution in [3.05, 3.63) is 68.7 Å². The third-order valence-electron chi connectivity index (χ3n) is 4.30. The van der Waals surface area contributed by atoms with Crippen LogP contribution in [0.3, 0.4) is 0 Å². The molecule has 7 heteroatoms. The third-order valence-corrected chi connectivity index (χ3v) is 5.27. The van der Waals surface area contributed by atoms with Crippen LogP contribution in [0.5, 0.6) is 0 Å². The summed E-state index contributed by atoms with van der Waals surface area (Å²) in [6.45, 7) is 4.54. The van der Waals surface area contributed by atoms with Crippen molar-refractivity contribution in [1.29, 1.82) is 0 Å². The number of halogens is 3. The second-order valence-electron chi connectivity index (χ2n) is 6.54. The third kappa shape index (κ3) is 6.40. The molecule has 0 aromatic heterocycles. The fraction of sp³-hybridized carbons (Fsp3) is 0.333. The van der Waals surface area contributed by atoms with Crippen molar-refractivity contribution in [2.75, 3.05) is 6.54 Å². The van der Waals surface area contributed by atoms with E-state index in [-0.39, 0.29) is 24.8 Å². The zero-order valence-electron chi connectivity index (χ0n) is 15.8. The Kier molecular flexibility index (Phi) is 8.61. The lowest BCUT2D eigenvalue weighted by Gasteiger charge is -2.29. The van der Waals surface area contributed by atoms with E-state index in [0.717, 1.165) is 17.5 Å². The molecule has 2 rings (SSSR count). The summed E-state index contributed by atoms with van der Waals surface area (Å²) < 4.78 is 0. The molecular weight excluding hydrogens is 419 g/mol. The van der Waals surface area contributed by atoms with Gasteiger partial charge in [-0.2, -0.15) is 0 Å². The van der Waals surface area contributed by atoms with Gasteiger partial charge in [0.2, 0.25) is 11.8 Å². The van der Waals surface area contributed by atoms with Gasteiger partial charge in [-0.1, -0.05) is 59.9 Å². The molecular formula is C21H23Cl3N2O2. The minimum absolute atomic E-state index is 0.114. The van der Waals surface area contributed by atoms with Crippen LogP contribution in [0.1, 0.15) is 31.4 Å². The number of hydrogen-bond acceptors (Lipinski definition) is 2. The average molecular weight is 442 g/mol. The fourth-order valence-corrected chi connectivity index (χ4v) is 3.27. The monoisotopic (exact) mass is 440 g/mol. The van der Waals surface area contributed by atoms with Gasteiger partial charge in [-0.15, -0.1) is 0 Å². The highest BCUT2D eigenvalue weighted by molar-refractivity contribution is 6.42. The first-order valence-corrected chi connectivity index (χ1v) is 10.2. The first-order chi connectivity index (χ1) is 13.3. The Balaban J connectivity index is 2.23. The number of rotatable bonds is 8. The molecule has 28 heavy (non-hydrogen) atoms. The zero-order valence-corrected chi connectivity index (χ0v) is 18.1. The summed E-state index contributed by atoms with van der Waals surface area (Å²) in [6, 6.07) is 11.7. The maximum absolute atomic E-state index is 13.1. The molecule has 0 aliphatic heterocycles. The smallest absolute Gasteiger partial charge is 0.242 e. The Labute approximate surface area is 180 Å². The topological polar surface area (TPSA) is 49.4 Å². The van der Waals surface area contributed by atoms with Gasteiger partial charge in [-0.05, 0) is 48.7 Å². The highest BCUT2D eigenvalue weighted by Gasteiger charge is 2.26. The minimum Gasteiger partial charge on any atom is -0.354 e. The molecule has 2 aromatic rings. The van der Waals surface area contributed by atoms with Gasteiger partial charge in [-0.3, -0.25) is 9.59 Å². The van der Waals surface area contributed by atoms with Crippen LogP contribution in [0.25, 0.3) is 0 Å². The number of benzene rings is 2. The molecule has 150 valence electrons. The van der Waals surface area contributed by atoms with Crippen molar-refractivity contribution < 1.29 is 9.59 Å². The highest BCUT2D eigenvalue weighted by atomic mass is 35.5. The van der Waals surface area contributed by atoms with Crippen LogP contribution in [-0.4, -0.2) is 29.3 Å². The number of nitrogens with zero attached hydrogens (tertiary/aromatic N) is 1. The van der Waals surface area contributed by atoms with Crippen molar-refractivity contribution in [3.63, 3.8) is 0 Å². The molecule has 0 heterocycles. The standard InChI is InChI=1S/C21H23Cl3N2O2/c1-3-9-25-21(28)14(2)26(13-16-5-4-6-17(22)10-16)20(27)12-15-7-8-18(23)19(24)11-15/h4-8,10-11,14H,3,9,12-13H2,1-2H3,(H,25,28). The van der Waals surface area contributed by atoms with E-state index in [1.165, 1.54) is 0 Å². The van der Waals surface area contributed by atoms with Crippen molar-refractivity contribution in [2.45, 2.75) is 39.3 Å². The van der Waals surface area contributed by atoms with Crippen molar-refractivity contribution in [3.8, 4) is 0 Å². The van der Waals surface area contributed by atoms with Gasteiger partial charge >= 0.3 is 0 Å². The summed E-state index contributed by atoms with van der Waals surface area (Å²) >= 11 is 18.1. The summed E-state index contributed by atoms with van der Waals surface area (Å²) in [6.07, 6.45) is 0.937. The average Bonchev–Trinajstić information content (AvgIpc) is 2.66. The molecule has 0 fully saturated rings. The Hall–Kier alpha value is -1.75. The number of amides is 2. The molecule has 4 nitrogen and oxygen atoms in total. The van der Waals surface area contributed by atoms with Gasteiger partial charge in [0.25, 0.3) is 0 Å². The predicted octanol–water partition coefficient (Wildman–Crippen LogP) is 5.13. The second kappa shape index (κ2) is 10.7. The summed E-state index contributed by atoms with van der Waals surface area (Å²) in [5.74, 6) is -0.371. The molecule has 0 spiro atoms. The second-order valence-corrected chi connectivity index (χ2v) is 7.79. The number of nitrogens with one attached hydrogen (secondary N) is 1. The van der Waals surface area contributed by atoms with E-state index in [4.69, 9.17) is 34.8 Å². The van der Waals surface area contributed by atoms with Crippen molar-refractivity contribution in [1.82, 2.24) is 10.2 Å². The van der Waals surface area contributed by atoms with E-state index >= 15 is 0 Å². The quantitative estimate of drug-likeness (QED) is 0.617. The van der Waals surface area contributed by atoms with Gasteiger partial charge in [0.15, 0.2) is 0 Å². The van der Waals surface area contributed by atoms with E-state index in [2.05, 4.69) is 5.32 Å². The van der Waals surface area contributed by atoms with Gasteiger partial charge in [0, 0.05) is 18.1 Å². The zero-order chi connectivity index (χ0) is 20.7. The lowest BCUT2D eigenvalue weighted by molar-refractivity contribution is -0.140. The first-order valence-electron chi connectivity index (χ1n) is 9.07. The van der Waals surface area contributed by atoms with E-state index in [9.17, 15) is 9.59 Å². The van der Waals surface area contributed by atoms with Gasteiger partial charge in [0.1, 0.15) is 6.04 Å². The lowest BCUT2D eigenvalue weighted by Crippen LogP contribution is -2.48. The van der Waals surface area contributed by atoms with Crippen molar-refractivity contribution in [2.24, 2.45) is 0 Å². The number of carbonyl (C=O) groups excluding carboxylic acids is 2. The molecule has 0 saturated heterocycles. The maximum atomic E-state index is 13.1. The van der Waals surface area contributed by atoms with E-state index in [0.29, 0.717) is 21.6 Å². The summed E-state index contributed by atoms with van der Waals surface area (Å²) in [5, 5.41) is 4.25. The summed E-state index contributed by atoms with van der Waals surface area (Å²) in [7, 11) is 0. The minimum atomic E-state index is -0.624. The molecule has 1 N–H and O–H groups in total. The maximum Gasteiger partial charge on any atom is 0.242 e. The van der Waals surface area contributed by atoms with Crippen LogP contribution in [0.4, 0.5) is 0 Å². The molecule has 0 aliphatic rings. The SMILES string of the molecule is CCCNC(=O)C(C)N(Cc1cccc(Cl)c1)C(=O)Cc1ccc(Cl)c(Cl)c1. The van der Waals surface area contributed by atoms with Crippen LogP contribution < -0.4 is 5.32 Å². The molecule has 1 atom stereocenters. The highest BCUT2D eigenvalue weighted by Crippen LogP contribution is 2.23. The Morgan fingerprint density at radius 2 is 1.79 bits per heavy atom.